The van der Waals surface area contributed by atoms with Gasteiger partial charge in [-0.3, -0.25) is 9.59 Å². The fraction of sp³-hybridized carbons (Fsp3) is 0.333. The van der Waals surface area contributed by atoms with Crippen molar-refractivity contribution in [1.29, 1.82) is 0 Å². The van der Waals surface area contributed by atoms with Gasteiger partial charge in [0.25, 0.3) is 5.91 Å². The number of nitrogens with zero attached hydrogens (tertiary/aromatic N) is 1. The van der Waals surface area contributed by atoms with E-state index in [-0.39, 0.29) is 24.1 Å². The van der Waals surface area contributed by atoms with Crippen molar-refractivity contribution < 1.29 is 38.8 Å². The quantitative estimate of drug-likeness (QED) is 0.148. The first kappa shape index (κ1) is 27.3. The van der Waals surface area contributed by atoms with Gasteiger partial charge in [0.2, 0.25) is 5.91 Å². The Morgan fingerprint density at radius 3 is 2.38 bits per heavy atom. The number of carbonyl (C=O) groups excluding carboxylic acids is 2. The number of halogens is 1. The fourth-order valence-electron chi connectivity index (χ4n) is 3.38. The van der Waals surface area contributed by atoms with Gasteiger partial charge in [0, 0.05) is 29.7 Å². The highest BCUT2D eigenvalue weighted by atomic mass is 19.1. The molecule has 8 N–H and O–H groups in total. The van der Waals surface area contributed by atoms with Crippen molar-refractivity contribution in [3.8, 4) is 5.75 Å². The molecule has 182 valence electrons. The Balaban J connectivity index is 2.30. The van der Waals surface area contributed by atoms with Crippen LogP contribution >= 0.6 is 0 Å². The minimum absolute atomic E-state index is 0.0414. The van der Waals surface area contributed by atoms with Crippen LogP contribution in [0.2, 0.25) is 0 Å². The van der Waals surface area contributed by atoms with Crippen molar-refractivity contribution >= 4 is 37.0 Å². The molecule has 34 heavy (non-hydrogen) atoms. The fourth-order valence-corrected chi connectivity index (χ4v) is 3.38. The molecule has 1 unspecified atom stereocenters. The van der Waals surface area contributed by atoms with E-state index in [1.807, 2.05) is 0 Å². The molecule has 13 heteroatoms. The molecule has 2 aromatic carbocycles. The molecule has 0 aromatic heterocycles. The zero-order chi connectivity index (χ0) is 25.4. The number of nitrogens with two attached hydrogens (primary N) is 2. The number of rotatable bonds is 12. The number of carbonyl (C=O) groups is 2. The minimum Gasteiger partial charge on any atom is -0.496 e. The van der Waals surface area contributed by atoms with Gasteiger partial charge in [0.05, 0.1) is 13.2 Å². The normalized spacial score (nSPS) is 11.6. The van der Waals surface area contributed by atoms with Gasteiger partial charge in [-0.2, -0.15) is 0 Å². The van der Waals surface area contributed by atoms with Gasteiger partial charge in [-0.15, -0.1) is 0 Å². The molecule has 10 nitrogen and oxygen atoms in total. The van der Waals surface area contributed by atoms with Gasteiger partial charge >= 0.3 is 14.2 Å². The topological polar surface area (TPSA) is 180 Å². The molecule has 0 saturated heterocycles. The van der Waals surface area contributed by atoms with Gasteiger partial charge in [-0.05, 0) is 49.0 Å². The molecule has 0 aliphatic rings. The van der Waals surface area contributed by atoms with Gasteiger partial charge in [-0.1, -0.05) is 12.1 Å². The Labute approximate surface area is 197 Å². The lowest BCUT2D eigenvalue weighted by molar-refractivity contribution is -0.119. The maximum Gasteiger partial charge on any atom is 0.491 e. The van der Waals surface area contributed by atoms with Crippen LogP contribution in [-0.4, -0.2) is 70.7 Å². The second-order valence-electron chi connectivity index (χ2n) is 7.79. The molecule has 0 saturated carbocycles. The van der Waals surface area contributed by atoms with Crippen molar-refractivity contribution in [2.45, 2.75) is 31.8 Å². The van der Waals surface area contributed by atoms with Crippen molar-refractivity contribution in [2.24, 2.45) is 11.5 Å². The summed E-state index contributed by atoms with van der Waals surface area (Å²) in [6.45, 7) is 0.284. The smallest absolute Gasteiger partial charge is 0.491 e. The number of hydrogen-bond acceptors (Lipinski definition) is 8. The molecule has 0 aliphatic carbocycles. The van der Waals surface area contributed by atoms with E-state index < -0.39 is 43.4 Å². The first-order valence-corrected chi connectivity index (χ1v) is 10.6. The Kier molecular flexibility index (Phi) is 10.0. The van der Waals surface area contributed by atoms with Crippen LogP contribution in [0.4, 0.5) is 4.39 Å². The second-order valence-corrected chi connectivity index (χ2v) is 7.79. The number of methoxy groups -OCH3 is 1. The third kappa shape index (κ3) is 7.27. The minimum atomic E-state index is -2.09. The van der Waals surface area contributed by atoms with E-state index >= 15 is 0 Å². The summed E-state index contributed by atoms with van der Waals surface area (Å²) < 4.78 is 19.2. The maximum atomic E-state index is 13.9. The highest BCUT2D eigenvalue weighted by Crippen LogP contribution is 2.21. The lowest BCUT2D eigenvalue weighted by Crippen LogP contribution is -2.37. The molecule has 0 bridgehead atoms. The summed E-state index contributed by atoms with van der Waals surface area (Å²) in [7, 11) is -2.38. The molecule has 0 fully saturated rings. The third-order valence-corrected chi connectivity index (χ3v) is 5.34. The Morgan fingerprint density at radius 1 is 1.09 bits per heavy atom. The first-order chi connectivity index (χ1) is 16.0. The zero-order valence-corrected chi connectivity index (χ0v) is 18.7. The number of unbranched alkanes of at least 4 members (excludes halogenated alkanes) is 1. The van der Waals surface area contributed by atoms with Crippen LogP contribution in [-0.2, 0) is 11.3 Å². The molecule has 0 heterocycles. The van der Waals surface area contributed by atoms with E-state index in [1.165, 1.54) is 30.2 Å². The van der Waals surface area contributed by atoms with E-state index in [0.29, 0.717) is 30.6 Å². The largest absolute Gasteiger partial charge is 0.496 e. The van der Waals surface area contributed by atoms with Crippen LogP contribution in [0.3, 0.4) is 0 Å². The van der Waals surface area contributed by atoms with Gasteiger partial charge in [0.15, 0.2) is 0 Å². The molecule has 0 spiro atoms. The average molecular weight is 475 g/mol. The maximum absolute atomic E-state index is 13.9. The van der Waals surface area contributed by atoms with E-state index in [2.05, 4.69) is 0 Å². The lowest BCUT2D eigenvalue weighted by Gasteiger charge is -2.25. The van der Waals surface area contributed by atoms with Crippen molar-refractivity contribution in [1.82, 2.24) is 4.90 Å². The predicted molar refractivity (Wildman–Crippen MR) is 125 cm³/mol. The molecule has 2 rings (SSSR count). The van der Waals surface area contributed by atoms with Gasteiger partial charge in [-0.25, -0.2) is 4.39 Å². The van der Waals surface area contributed by atoms with E-state index in [0.717, 1.165) is 12.1 Å². The van der Waals surface area contributed by atoms with Gasteiger partial charge < -0.3 is 41.2 Å². The molecule has 1 atom stereocenters. The predicted octanol–water partition coefficient (Wildman–Crippen LogP) is -2.18. The van der Waals surface area contributed by atoms with Crippen LogP contribution in [0.1, 0.15) is 35.2 Å². The Bertz CT molecular complexity index is 1010. The number of ether oxygens (including phenoxy) is 1. The van der Waals surface area contributed by atoms with Crippen LogP contribution in [0.5, 0.6) is 5.75 Å². The number of amides is 2. The van der Waals surface area contributed by atoms with Crippen LogP contribution < -0.4 is 27.1 Å². The van der Waals surface area contributed by atoms with E-state index in [9.17, 15) is 34.1 Å². The Morgan fingerprint density at radius 2 is 1.79 bits per heavy atom. The van der Waals surface area contributed by atoms with Crippen molar-refractivity contribution in [3.63, 3.8) is 0 Å². The van der Waals surface area contributed by atoms with Crippen molar-refractivity contribution in [2.75, 3.05) is 13.7 Å². The van der Waals surface area contributed by atoms with Gasteiger partial charge in [0.1, 0.15) is 11.6 Å². The summed E-state index contributed by atoms with van der Waals surface area (Å²) >= 11 is 0. The number of benzene rings is 2. The molecule has 2 amide bonds. The average Bonchev–Trinajstić information content (AvgIpc) is 2.80. The molecule has 0 aliphatic heterocycles. The van der Waals surface area contributed by atoms with Crippen molar-refractivity contribution in [3.05, 3.63) is 53.3 Å². The molecule has 0 radical (unpaired) electrons. The van der Waals surface area contributed by atoms with E-state index in [4.69, 9.17) is 16.2 Å². The SMILES string of the molecule is COc1cc(B(O)O)ccc1CN(CCCCC(N)C(N)=O)C(=O)c1ccc(F)c(B(O)O)c1. The summed E-state index contributed by atoms with van der Waals surface area (Å²) in [4.78, 5) is 25.8. The highest BCUT2D eigenvalue weighted by Gasteiger charge is 2.23. The molecular weight excluding hydrogens is 447 g/mol. The summed E-state index contributed by atoms with van der Waals surface area (Å²) in [6.07, 6.45) is 1.31. The summed E-state index contributed by atoms with van der Waals surface area (Å²) in [5, 5.41) is 37.5. The standard InChI is InChI=1S/C21H28B2FN3O7/c1-34-19-11-15(22(30)31)7-5-14(19)12-27(9-3-2-4-18(25)20(26)28)21(29)13-6-8-17(24)16(10-13)23(32)33/h5-8,10-11,18,30-33H,2-4,9,12,25H2,1H3,(H2,26,28). The third-order valence-electron chi connectivity index (χ3n) is 5.34. The highest BCUT2D eigenvalue weighted by molar-refractivity contribution is 6.59. The monoisotopic (exact) mass is 475 g/mol. The molecular formula is C21H28B2FN3O7. The van der Waals surface area contributed by atoms with Crippen LogP contribution in [0.15, 0.2) is 36.4 Å². The first-order valence-electron chi connectivity index (χ1n) is 10.6. The zero-order valence-electron chi connectivity index (χ0n) is 18.7. The van der Waals surface area contributed by atoms with Crippen LogP contribution in [0.25, 0.3) is 0 Å². The lowest BCUT2D eigenvalue weighted by atomic mass is 9.79. The Hall–Kier alpha value is -2.96. The number of hydrogen-bond donors (Lipinski definition) is 6. The van der Waals surface area contributed by atoms with E-state index in [1.54, 1.807) is 6.07 Å². The summed E-state index contributed by atoms with van der Waals surface area (Å²) in [5.41, 5.74) is 11.2. The van der Waals surface area contributed by atoms with Crippen LogP contribution in [0, 0.1) is 5.82 Å². The summed E-state index contributed by atoms with van der Waals surface area (Å²) in [5.74, 6) is -1.66. The summed E-state index contributed by atoms with van der Waals surface area (Å²) in [6, 6.07) is 6.99. The second kappa shape index (κ2) is 12.5. The molecule has 2 aromatic rings. The number of primary amides is 1.